The number of nitrogens with one attached hydrogen (secondary N) is 1. The Balaban J connectivity index is 3.31. The van der Waals surface area contributed by atoms with Gasteiger partial charge in [0.1, 0.15) is 0 Å². The molecule has 0 radical (unpaired) electrons. The maximum atomic E-state index is 4.18. The van der Waals surface area contributed by atoms with Crippen LogP contribution in [-0.4, -0.2) is 31.6 Å². The van der Waals surface area contributed by atoms with Gasteiger partial charge in [-0.2, -0.15) is 0 Å². The topological polar surface area (TPSA) is 15.3 Å². The zero-order chi connectivity index (χ0) is 20.9. The summed E-state index contributed by atoms with van der Waals surface area (Å²) in [4.78, 5) is 2.29. The van der Waals surface area contributed by atoms with E-state index in [-0.39, 0.29) is 0 Å². The number of nitrogens with zero attached hydrogens (tertiary/aromatic N) is 1. The lowest BCUT2D eigenvalue weighted by atomic mass is 10.1. The average molecular weight is 391 g/mol. The third-order valence-electron chi connectivity index (χ3n) is 5.47. The third kappa shape index (κ3) is 19.7. The fourth-order valence-electron chi connectivity index (χ4n) is 3.18. The van der Waals surface area contributed by atoms with Crippen molar-refractivity contribution in [1.29, 1.82) is 0 Å². The van der Waals surface area contributed by atoms with Gasteiger partial charge in [-0.1, -0.05) is 57.1 Å². The summed E-state index contributed by atoms with van der Waals surface area (Å²) in [6.45, 7) is 9.73. The van der Waals surface area contributed by atoms with Crippen LogP contribution < -0.4 is 5.32 Å². The van der Waals surface area contributed by atoms with Crippen molar-refractivity contribution in [2.75, 3.05) is 20.6 Å². The van der Waals surface area contributed by atoms with Crippen molar-refractivity contribution in [2.24, 2.45) is 0 Å². The molecule has 0 spiro atoms. The molecule has 0 aromatic rings. The van der Waals surface area contributed by atoms with Crippen LogP contribution in [0, 0.1) is 0 Å². The molecule has 1 unspecified atom stereocenters. The second-order valence-electron chi connectivity index (χ2n) is 8.43. The molecule has 0 bridgehead atoms. The number of hydrogen-bond acceptors (Lipinski definition) is 2. The molecule has 0 aliphatic heterocycles. The molecule has 0 aromatic carbocycles. The van der Waals surface area contributed by atoms with Crippen LogP contribution in [0.5, 0.6) is 0 Å². The molecule has 0 saturated heterocycles. The van der Waals surface area contributed by atoms with E-state index in [1.807, 2.05) is 0 Å². The average Bonchev–Trinajstić information content (AvgIpc) is 2.68. The second kappa shape index (κ2) is 20.7. The molecule has 2 heteroatoms. The summed E-state index contributed by atoms with van der Waals surface area (Å²) in [7, 11) is 4.31. The Bertz CT molecular complexity index is 395. The molecular formula is C26H50N2. The van der Waals surface area contributed by atoms with Gasteiger partial charge in [-0.15, -0.1) is 0 Å². The molecule has 164 valence electrons. The minimum atomic E-state index is 0.665. The minimum absolute atomic E-state index is 0.665. The number of hydrogen-bond donors (Lipinski definition) is 1. The normalized spacial score (nSPS) is 13.0. The zero-order valence-corrected chi connectivity index (χ0v) is 19.6. The smallest absolute Gasteiger partial charge is 0.0144 e. The van der Waals surface area contributed by atoms with Crippen LogP contribution in [0.4, 0.5) is 0 Å². The first-order valence-corrected chi connectivity index (χ1v) is 12.0. The number of allylic oxidation sites excluding steroid dienone is 5. The standard InChI is InChI=1S/C26H50N2/c1-6-7-8-9-10-11-12-13-14-15-16-17-18-19-20-22-25(2)27-24-21-23-26(3)28(4)5/h7-8,13-14,26-27H,2,6,9-12,15-24H2,1,3-5H3/b8-7-,14-13-. The summed E-state index contributed by atoms with van der Waals surface area (Å²) < 4.78 is 0. The summed E-state index contributed by atoms with van der Waals surface area (Å²) in [6.07, 6.45) is 27.3. The summed E-state index contributed by atoms with van der Waals surface area (Å²) in [5.41, 5.74) is 1.23. The van der Waals surface area contributed by atoms with E-state index < -0.39 is 0 Å². The van der Waals surface area contributed by atoms with Gasteiger partial charge in [0.2, 0.25) is 0 Å². The minimum Gasteiger partial charge on any atom is -0.389 e. The molecule has 0 heterocycles. The third-order valence-corrected chi connectivity index (χ3v) is 5.47. The Labute approximate surface area is 177 Å². The molecular weight excluding hydrogens is 340 g/mol. The molecule has 0 rings (SSSR count). The van der Waals surface area contributed by atoms with E-state index in [2.05, 4.69) is 69.0 Å². The Morgan fingerprint density at radius 2 is 1.36 bits per heavy atom. The molecule has 1 N–H and O–H groups in total. The highest BCUT2D eigenvalue weighted by Gasteiger charge is 2.03. The molecule has 28 heavy (non-hydrogen) atoms. The highest BCUT2D eigenvalue weighted by Crippen LogP contribution is 2.11. The van der Waals surface area contributed by atoms with Crippen molar-refractivity contribution in [1.82, 2.24) is 10.2 Å². The van der Waals surface area contributed by atoms with Gasteiger partial charge in [-0.3, -0.25) is 0 Å². The fraction of sp³-hybridized carbons (Fsp3) is 0.769. The first-order chi connectivity index (χ1) is 13.6. The number of unbranched alkanes of at least 4 members (excludes halogenated alkanes) is 8. The molecule has 1 atom stereocenters. The predicted molar refractivity (Wildman–Crippen MR) is 129 cm³/mol. The van der Waals surface area contributed by atoms with Crippen LogP contribution >= 0.6 is 0 Å². The maximum Gasteiger partial charge on any atom is 0.0144 e. The van der Waals surface area contributed by atoms with Gasteiger partial charge in [0.15, 0.2) is 0 Å². The van der Waals surface area contributed by atoms with E-state index in [1.54, 1.807) is 0 Å². The van der Waals surface area contributed by atoms with Crippen LogP contribution in [0.2, 0.25) is 0 Å². The first kappa shape index (κ1) is 27.0. The van der Waals surface area contributed by atoms with Gasteiger partial charge in [0, 0.05) is 18.3 Å². The Morgan fingerprint density at radius 1 is 0.821 bits per heavy atom. The highest BCUT2D eigenvalue weighted by atomic mass is 15.1. The highest BCUT2D eigenvalue weighted by molar-refractivity contribution is 4.90. The quantitative estimate of drug-likeness (QED) is 0.170. The van der Waals surface area contributed by atoms with Crippen LogP contribution in [0.25, 0.3) is 0 Å². The van der Waals surface area contributed by atoms with Gasteiger partial charge >= 0.3 is 0 Å². The van der Waals surface area contributed by atoms with E-state index in [4.69, 9.17) is 0 Å². The summed E-state index contributed by atoms with van der Waals surface area (Å²) in [6, 6.07) is 0.665. The van der Waals surface area contributed by atoms with Crippen LogP contribution in [0.1, 0.15) is 104 Å². The number of rotatable bonds is 20. The first-order valence-electron chi connectivity index (χ1n) is 12.0. The molecule has 0 saturated carbocycles. The van der Waals surface area contributed by atoms with Crippen molar-refractivity contribution in [3.05, 3.63) is 36.6 Å². The zero-order valence-electron chi connectivity index (χ0n) is 19.6. The molecule has 0 amide bonds. The van der Waals surface area contributed by atoms with Gasteiger partial charge in [0.25, 0.3) is 0 Å². The van der Waals surface area contributed by atoms with Gasteiger partial charge in [-0.05, 0) is 91.6 Å². The second-order valence-corrected chi connectivity index (χ2v) is 8.43. The van der Waals surface area contributed by atoms with E-state index >= 15 is 0 Å². The van der Waals surface area contributed by atoms with Crippen molar-refractivity contribution in [2.45, 2.75) is 110 Å². The van der Waals surface area contributed by atoms with Crippen molar-refractivity contribution in [3.8, 4) is 0 Å². The molecule has 0 aliphatic carbocycles. The Hall–Kier alpha value is -1.02. The van der Waals surface area contributed by atoms with Crippen LogP contribution in [0.3, 0.4) is 0 Å². The summed E-state index contributed by atoms with van der Waals surface area (Å²) in [5.74, 6) is 0. The van der Waals surface area contributed by atoms with Crippen molar-refractivity contribution < 1.29 is 0 Å². The van der Waals surface area contributed by atoms with Gasteiger partial charge in [-0.25, -0.2) is 0 Å². The monoisotopic (exact) mass is 390 g/mol. The molecule has 0 fully saturated rings. The Kier molecular flexibility index (Phi) is 20.0. The van der Waals surface area contributed by atoms with Crippen molar-refractivity contribution in [3.63, 3.8) is 0 Å². The summed E-state index contributed by atoms with van der Waals surface area (Å²) >= 11 is 0. The van der Waals surface area contributed by atoms with E-state index in [0.717, 1.165) is 13.0 Å². The molecule has 0 aliphatic rings. The largest absolute Gasteiger partial charge is 0.389 e. The Morgan fingerprint density at radius 3 is 1.96 bits per heavy atom. The lowest BCUT2D eigenvalue weighted by Gasteiger charge is -2.19. The maximum absolute atomic E-state index is 4.18. The van der Waals surface area contributed by atoms with Gasteiger partial charge in [0.05, 0.1) is 0 Å². The lowest BCUT2D eigenvalue weighted by Crippen LogP contribution is -2.25. The lowest BCUT2D eigenvalue weighted by molar-refractivity contribution is 0.293. The molecule has 2 nitrogen and oxygen atoms in total. The van der Waals surface area contributed by atoms with Crippen molar-refractivity contribution >= 4 is 0 Å². The fourth-order valence-corrected chi connectivity index (χ4v) is 3.18. The van der Waals surface area contributed by atoms with Crippen LogP contribution in [-0.2, 0) is 0 Å². The van der Waals surface area contributed by atoms with E-state index in [1.165, 1.54) is 89.2 Å². The van der Waals surface area contributed by atoms with Gasteiger partial charge < -0.3 is 10.2 Å². The molecule has 0 aromatic heterocycles. The van der Waals surface area contributed by atoms with E-state index in [0.29, 0.717) is 6.04 Å². The SMILES string of the molecule is C=C(CCCCCCC/C=C\CCCC/C=C\CC)NCCCC(C)N(C)C. The summed E-state index contributed by atoms with van der Waals surface area (Å²) in [5, 5.41) is 3.50. The predicted octanol–water partition coefficient (Wildman–Crippen LogP) is 7.63. The van der Waals surface area contributed by atoms with E-state index in [9.17, 15) is 0 Å². The van der Waals surface area contributed by atoms with Crippen LogP contribution in [0.15, 0.2) is 36.6 Å².